The van der Waals surface area contributed by atoms with Crippen molar-refractivity contribution in [3.8, 4) is 5.75 Å². The van der Waals surface area contributed by atoms with Gasteiger partial charge in [-0.3, -0.25) is 0 Å². The molecule has 3 nitrogen and oxygen atoms in total. The minimum Gasteiger partial charge on any atom is -0.496 e. The van der Waals surface area contributed by atoms with Gasteiger partial charge in [0.25, 0.3) is 0 Å². The van der Waals surface area contributed by atoms with E-state index in [1.807, 2.05) is 36.4 Å². The van der Waals surface area contributed by atoms with Crippen molar-refractivity contribution in [1.29, 1.82) is 0 Å². The Morgan fingerprint density at radius 3 is 2.55 bits per heavy atom. The monoisotopic (exact) mass is 294 g/mol. The minimum absolute atomic E-state index is 0.253. The van der Waals surface area contributed by atoms with E-state index in [1.165, 1.54) is 0 Å². The third kappa shape index (κ3) is 2.50. The van der Waals surface area contributed by atoms with Crippen molar-refractivity contribution in [2.45, 2.75) is 19.3 Å². The van der Waals surface area contributed by atoms with Crippen LogP contribution in [0.5, 0.6) is 5.75 Å². The fourth-order valence-electron chi connectivity index (χ4n) is 2.80. The van der Waals surface area contributed by atoms with Crippen molar-refractivity contribution < 1.29 is 14.3 Å². The second-order valence-corrected chi connectivity index (χ2v) is 5.23. The van der Waals surface area contributed by atoms with Gasteiger partial charge in [0.1, 0.15) is 11.5 Å². The number of ether oxygens (including phenoxy) is 2. The molecule has 3 heteroatoms. The Balaban J connectivity index is 1.94. The fourth-order valence-corrected chi connectivity index (χ4v) is 2.80. The molecule has 22 heavy (non-hydrogen) atoms. The van der Waals surface area contributed by atoms with Crippen LogP contribution in [0.1, 0.15) is 40.7 Å². The maximum atomic E-state index is 12.3. The number of methoxy groups -OCH3 is 1. The predicted molar refractivity (Wildman–Crippen MR) is 85.9 cm³/mol. The summed E-state index contributed by atoms with van der Waals surface area (Å²) in [5.41, 5.74) is 2.58. The highest BCUT2D eigenvalue weighted by atomic mass is 16.5. The predicted octanol–water partition coefficient (Wildman–Crippen LogP) is 4.40. The Morgan fingerprint density at radius 2 is 1.86 bits per heavy atom. The van der Waals surface area contributed by atoms with Crippen molar-refractivity contribution >= 4 is 11.7 Å². The normalized spacial score (nSPS) is 15.9. The topological polar surface area (TPSA) is 35.5 Å². The van der Waals surface area contributed by atoms with E-state index in [9.17, 15) is 4.79 Å². The van der Waals surface area contributed by atoms with Crippen molar-refractivity contribution in [3.63, 3.8) is 0 Å². The first kappa shape index (κ1) is 14.4. The Morgan fingerprint density at radius 1 is 1.09 bits per heavy atom. The Kier molecular flexibility index (Phi) is 3.96. The average molecular weight is 294 g/mol. The lowest BCUT2D eigenvalue weighted by atomic mass is 9.98. The standard InChI is InChI=1S/C19H18O3/c1-3-13-12-17(18-15(13)10-7-11-16(18)21-2)22-19(20)14-8-5-4-6-9-14/h4-13H,3H2,1-2H3. The van der Waals surface area contributed by atoms with Crippen LogP contribution in [0.15, 0.2) is 54.6 Å². The lowest BCUT2D eigenvalue weighted by Crippen LogP contribution is -2.04. The molecule has 0 aromatic heterocycles. The summed E-state index contributed by atoms with van der Waals surface area (Å²) in [6.07, 6.45) is 2.96. The van der Waals surface area contributed by atoms with Crippen molar-refractivity contribution in [3.05, 3.63) is 71.3 Å². The van der Waals surface area contributed by atoms with Crippen molar-refractivity contribution in [2.75, 3.05) is 7.11 Å². The van der Waals surface area contributed by atoms with Crippen molar-refractivity contribution in [2.24, 2.45) is 0 Å². The van der Waals surface area contributed by atoms with Crippen LogP contribution in [0.2, 0.25) is 0 Å². The number of allylic oxidation sites excluding steroid dienone is 1. The summed E-state index contributed by atoms with van der Waals surface area (Å²) in [4.78, 5) is 12.3. The molecule has 0 saturated heterocycles. The summed E-state index contributed by atoms with van der Waals surface area (Å²) in [5.74, 6) is 1.23. The van der Waals surface area contributed by atoms with E-state index in [1.54, 1.807) is 19.2 Å². The van der Waals surface area contributed by atoms with Gasteiger partial charge in [-0.1, -0.05) is 37.3 Å². The van der Waals surface area contributed by atoms with Crippen molar-refractivity contribution in [1.82, 2.24) is 0 Å². The molecule has 3 rings (SSSR count). The molecule has 0 bridgehead atoms. The Bertz CT molecular complexity index is 717. The molecule has 0 fully saturated rings. The number of benzene rings is 2. The van der Waals surface area contributed by atoms with Crippen LogP contribution in [0.3, 0.4) is 0 Å². The fraction of sp³-hybridized carbons (Fsp3) is 0.211. The zero-order chi connectivity index (χ0) is 15.5. The summed E-state index contributed by atoms with van der Waals surface area (Å²) in [5, 5.41) is 0. The number of carbonyl (C=O) groups excluding carboxylic acids is 1. The number of fused-ring (bicyclic) bond motifs is 1. The smallest absolute Gasteiger partial charge is 0.343 e. The molecular weight excluding hydrogens is 276 g/mol. The van der Waals surface area contributed by atoms with E-state index >= 15 is 0 Å². The Hall–Kier alpha value is -2.55. The first-order valence-electron chi connectivity index (χ1n) is 7.41. The zero-order valence-electron chi connectivity index (χ0n) is 12.7. The van der Waals surface area contributed by atoms with E-state index in [-0.39, 0.29) is 11.9 Å². The molecule has 2 aromatic carbocycles. The number of hydrogen-bond donors (Lipinski definition) is 0. The lowest BCUT2D eigenvalue weighted by Gasteiger charge is -2.12. The third-order valence-electron chi connectivity index (χ3n) is 3.93. The van der Waals surface area contributed by atoms with Crippen LogP contribution in [0, 0.1) is 0 Å². The molecule has 112 valence electrons. The summed E-state index contributed by atoms with van der Waals surface area (Å²) in [7, 11) is 1.63. The second-order valence-electron chi connectivity index (χ2n) is 5.23. The molecule has 1 aliphatic carbocycles. The third-order valence-corrected chi connectivity index (χ3v) is 3.93. The molecule has 0 radical (unpaired) electrons. The van der Waals surface area contributed by atoms with Gasteiger partial charge in [-0.15, -0.1) is 0 Å². The van der Waals surface area contributed by atoms with Crippen LogP contribution in [-0.4, -0.2) is 13.1 Å². The number of hydrogen-bond acceptors (Lipinski definition) is 3. The van der Waals surface area contributed by atoms with Crippen LogP contribution in [0.4, 0.5) is 0 Å². The number of rotatable bonds is 4. The van der Waals surface area contributed by atoms with Gasteiger partial charge >= 0.3 is 5.97 Å². The highest BCUT2D eigenvalue weighted by Crippen LogP contribution is 2.43. The summed E-state index contributed by atoms with van der Waals surface area (Å²) in [6.45, 7) is 2.12. The molecule has 2 aromatic rings. The van der Waals surface area contributed by atoms with Gasteiger partial charge in [0.2, 0.25) is 0 Å². The summed E-state index contributed by atoms with van der Waals surface area (Å²) < 4.78 is 11.1. The van der Waals surface area contributed by atoms with E-state index in [4.69, 9.17) is 9.47 Å². The molecule has 1 aliphatic rings. The molecule has 0 N–H and O–H groups in total. The first-order chi connectivity index (χ1) is 10.7. The number of esters is 1. The van der Waals surface area contributed by atoms with Gasteiger partial charge < -0.3 is 9.47 Å². The summed E-state index contributed by atoms with van der Waals surface area (Å²) in [6, 6.07) is 14.9. The largest absolute Gasteiger partial charge is 0.496 e. The highest BCUT2D eigenvalue weighted by Gasteiger charge is 2.28. The van der Waals surface area contributed by atoms with E-state index in [2.05, 4.69) is 13.0 Å². The average Bonchev–Trinajstić information content (AvgIpc) is 2.93. The summed E-state index contributed by atoms with van der Waals surface area (Å²) >= 11 is 0. The number of carbonyl (C=O) groups is 1. The second kappa shape index (κ2) is 6.06. The molecule has 1 atom stereocenters. The molecule has 0 spiro atoms. The first-order valence-corrected chi connectivity index (χ1v) is 7.41. The Labute approximate surface area is 130 Å². The molecule has 1 unspecified atom stereocenters. The SMILES string of the molecule is CCC1C=C(OC(=O)c2ccccc2)c2c(OC)cccc21. The van der Waals surface area contributed by atoms with E-state index in [0.29, 0.717) is 11.3 Å². The lowest BCUT2D eigenvalue weighted by molar-refractivity contribution is 0.0692. The van der Waals surface area contributed by atoms with Gasteiger partial charge in [0, 0.05) is 5.92 Å². The minimum atomic E-state index is -0.347. The van der Waals surface area contributed by atoms with Gasteiger partial charge in [0.15, 0.2) is 0 Å². The van der Waals surface area contributed by atoms with E-state index < -0.39 is 0 Å². The van der Waals surface area contributed by atoms with Crippen LogP contribution >= 0.6 is 0 Å². The van der Waals surface area contributed by atoms with Gasteiger partial charge in [-0.25, -0.2) is 4.79 Å². The molecule has 0 aliphatic heterocycles. The highest BCUT2D eigenvalue weighted by molar-refractivity contribution is 5.94. The van der Waals surface area contributed by atoms with Gasteiger partial charge in [0.05, 0.1) is 18.2 Å². The van der Waals surface area contributed by atoms with Crippen LogP contribution in [-0.2, 0) is 4.74 Å². The van der Waals surface area contributed by atoms with Crippen LogP contribution < -0.4 is 4.74 Å². The quantitative estimate of drug-likeness (QED) is 0.784. The molecule has 0 amide bonds. The van der Waals surface area contributed by atoms with Gasteiger partial charge in [-0.2, -0.15) is 0 Å². The zero-order valence-corrected chi connectivity index (χ0v) is 12.7. The maximum absolute atomic E-state index is 12.3. The maximum Gasteiger partial charge on any atom is 0.343 e. The molecule has 0 heterocycles. The van der Waals surface area contributed by atoms with Gasteiger partial charge in [-0.05, 0) is 36.3 Å². The van der Waals surface area contributed by atoms with Crippen LogP contribution in [0.25, 0.3) is 5.76 Å². The molecule has 0 saturated carbocycles. The molecular formula is C19H18O3. The van der Waals surface area contributed by atoms with E-state index in [0.717, 1.165) is 23.3 Å².